The van der Waals surface area contributed by atoms with Gasteiger partial charge in [0.2, 0.25) is 0 Å². The van der Waals surface area contributed by atoms with Gasteiger partial charge in [-0.05, 0) is 66.8 Å². The summed E-state index contributed by atoms with van der Waals surface area (Å²) in [5.74, 6) is -0.156. The van der Waals surface area contributed by atoms with Gasteiger partial charge < -0.3 is 19.8 Å². The zero-order valence-electron chi connectivity index (χ0n) is 19.1. The van der Waals surface area contributed by atoms with E-state index in [2.05, 4.69) is 16.0 Å². The normalized spacial score (nSPS) is 10.5. The summed E-state index contributed by atoms with van der Waals surface area (Å²) in [7, 11) is 1.46. The third-order valence-corrected chi connectivity index (χ3v) is 6.18. The van der Waals surface area contributed by atoms with Gasteiger partial charge in [-0.15, -0.1) is 0 Å². The van der Waals surface area contributed by atoms with E-state index < -0.39 is 5.91 Å². The van der Waals surface area contributed by atoms with Crippen LogP contribution in [-0.4, -0.2) is 24.0 Å². The Labute approximate surface area is 232 Å². The highest BCUT2D eigenvalue weighted by atomic mass is 35.5. The van der Waals surface area contributed by atoms with Gasteiger partial charge in [0.1, 0.15) is 11.5 Å². The third-order valence-electron chi connectivity index (χ3n) is 5.08. The minimum absolute atomic E-state index is 0.0265. The number of furan rings is 1. The first-order chi connectivity index (χ1) is 17.7. The summed E-state index contributed by atoms with van der Waals surface area (Å²) in [5, 5.41) is 9.49. The number of carbonyl (C=O) groups excluding carboxylic acids is 2. The highest BCUT2D eigenvalue weighted by Gasteiger charge is 2.17. The zero-order chi connectivity index (χ0) is 26.5. The summed E-state index contributed by atoms with van der Waals surface area (Å²) in [5.41, 5.74) is 1.83. The van der Waals surface area contributed by atoms with Crippen molar-refractivity contribution in [2.24, 2.45) is 0 Å². The molecule has 0 unspecified atom stereocenters. The maximum atomic E-state index is 12.6. The van der Waals surface area contributed by atoms with Crippen LogP contribution >= 0.6 is 47.0 Å². The van der Waals surface area contributed by atoms with Crippen LogP contribution in [0.25, 0.3) is 11.3 Å². The van der Waals surface area contributed by atoms with Crippen LogP contribution in [-0.2, 0) is 0 Å². The lowest BCUT2D eigenvalue weighted by molar-refractivity contribution is 0.0950. The second-order valence-corrected chi connectivity index (χ2v) is 9.20. The standard InChI is InChI=1S/C26H18Cl3N3O4S/c1-35-23-13-15(7-9-20(23)31-24(33)16-4-2-3-5-18(16)28)30-26(37)32-25(34)22-11-10-21(36-22)17-12-14(27)6-8-19(17)29/h2-13H,1H3,(H,31,33)(H2,30,32,34,37). The number of benzene rings is 3. The van der Waals surface area contributed by atoms with E-state index in [4.69, 9.17) is 56.2 Å². The number of thiocarbonyl (C=S) groups is 1. The molecule has 0 saturated heterocycles. The Bertz CT molecular complexity index is 1510. The first-order valence-corrected chi connectivity index (χ1v) is 12.2. The minimum Gasteiger partial charge on any atom is -0.494 e. The van der Waals surface area contributed by atoms with Crippen molar-refractivity contribution in [2.45, 2.75) is 0 Å². The molecule has 0 radical (unpaired) electrons. The van der Waals surface area contributed by atoms with Crippen LogP contribution in [0.4, 0.5) is 11.4 Å². The molecule has 2 amide bonds. The topological polar surface area (TPSA) is 92.6 Å². The van der Waals surface area contributed by atoms with E-state index >= 15 is 0 Å². The third kappa shape index (κ3) is 6.42. The van der Waals surface area contributed by atoms with E-state index in [1.807, 2.05) is 0 Å². The van der Waals surface area contributed by atoms with Crippen molar-refractivity contribution in [1.82, 2.24) is 5.32 Å². The van der Waals surface area contributed by atoms with Crippen molar-refractivity contribution in [3.05, 3.63) is 99.2 Å². The van der Waals surface area contributed by atoms with Gasteiger partial charge in [-0.3, -0.25) is 14.9 Å². The number of halogens is 3. The molecule has 0 aliphatic heterocycles. The highest BCUT2D eigenvalue weighted by Crippen LogP contribution is 2.32. The summed E-state index contributed by atoms with van der Waals surface area (Å²) in [4.78, 5) is 25.2. The van der Waals surface area contributed by atoms with E-state index in [9.17, 15) is 9.59 Å². The zero-order valence-corrected chi connectivity index (χ0v) is 22.2. The SMILES string of the molecule is COc1cc(NC(=S)NC(=O)c2ccc(-c3cc(Cl)ccc3Cl)o2)ccc1NC(=O)c1ccccc1Cl. The Kier molecular flexibility index (Phi) is 8.35. The van der Waals surface area contributed by atoms with Crippen molar-refractivity contribution in [1.29, 1.82) is 0 Å². The number of nitrogens with one attached hydrogen (secondary N) is 3. The molecule has 7 nitrogen and oxygen atoms in total. The number of amides is 2. The maximum absolute atomic E-state index is 12.6. The lowest BCUT2D eigenvalue weighted by Gasteiger charge is -2.14. The van der Waals surface area contributed by atoms with E-state index in [1.165, 1.54) is 13.2 Å². The van der Waals surface area contributed by atoms with E-state index in [1.54, 1.807) is 66.7 Å². The molecular formula is C26H18Cl3N3O4S. The molecule has 0 fully saturated rings. The van der Waals surface area contributed by atoms with Gasteiger partial charge in [0.15, 0.2) is 10.9 Å². The van der Waals surface area contributed by atoms with Crippen LogP contribution in [0.5, 0.6) is 5.75 Å². The molecule has 0 saturated carbocycles. The molecule has 1 aromatic heterocycles. The Morgan fingerprint density at radius 2 is 1.65 bits per heavy atom. The van der Waals surface area contributed by atoms with Crippen LogP contribution in [0.1, 0.15) is 20.9 Å². The summed E-state index contributed by atoms with van der Waals surface area (Å²) < 4.78 is 11.0. The average molecular weight is 575 g/mol. The molecule has 11 heteroatoms. The summed E-state index contributed by atoms with van der Waals surface area (Å²) in [6.07, 6.45) is 0. The minimum atomic E-state index is -0.558. The number of carbonyl (C=O) groups is 2. The highest BCUT2D eigenvalue weighted by molar-refractivity contribution is 7.80. The molecule has 0 bridgehead atoms. The number of hydrogen-bond donors (Lipinski definition) is 3. The molecular weight excluding hydrogens is 557 g/mol. The molecule has 3 N–H and O–H groups in total. The Morgan fingerprint density at radius 3 is 2.41 bits per heavy atom. The molecule has 37 heavy (non-hydrogen) atoms. The maximum Gasteiger partial charge on any atom is 0.293 e. The fourth-order valence-electron chi connectivity index (χ4n) is 3.33. The summed E-state index contributed by atoms with van der Waals surface area (Å²) in [6.45, 7) is 0. The van der Waals surface area contributed by atoms with Crippen LogP contribution in [0.3, 0.4) is 0 Å². The predicted molar refractivity (Wildman–Crippen MR) is 150 cm³/mol. The van der Waals surface area contributed by atoms with Crippen molar-refractivity contribution < 1.29 is 18.7 Å². The summed E-state index contributed by atoms with van der Waals surface area (Å²) in [6, 6.07) is 19.7. The van der Waals surface area contributed by atoms with Crippen molar-refractivity contribution in [3.8, 4) is 17.1 Å². The molecule has 4 rings (SSSR count). The second kappa shape index (κ2) is 11.7. The quantitative estimate of drug-likeness (QED) is 0.209. The van der Waals surface area contributed by atoms with Gasteiger partial charge in [-0.1, -0.05) is 46.9 Å². The van der Waals surface area contributed by atoms with Gasteiger partial charge in [0.05, 0.1) is 28.4 Å². The molecule has 0 aliphatic carbocycles. The van der Waals surface area contributed by atoms with Crippen molar-refractivity contribution in [3.63, 3.8) is 0 Å². The molecule has 0 spiro atoms. The smallest absolute Gasteiger partial charge is 0.293 e. The molecule has 0 atom stereocenters. The largest absolute Gasteiger partial charge is 0.494 e. The van der Waals surface area contributed by atoms with Crippen LogP contribution in [0.2, 0.25) is 15.1 Å². The number of ether oxygens (including phenoxy) is 1. The Morgan fingerprint density at radius 1 is 0.865 bits per heavy atom. The number of hydrogen-bond acceptors (Lipinski definition) is 5. The van der Waals surface area contributed by atoms with Crippen LogP contribution in [0.15, 0.2) is 77.2 Å². The van der Waals surface area contributed by atoms with E-state index in [0.717, 1.165) is 0 Å². The van der Waals surface area contributed by atoms with E-state index in [-0.39, 0.29) is 16.8 Å². The van der Waals surface area contributed by atoms with E-state index in [0.29, 0.717) is 49.1 Å². The van der Waals surface area contributed by atoms with Gasteiger partial charge >= 0.3 is 0 Å². The predicted octanol–water partition coefficient (Wildman–Crippen LogP) is 7.29. The van der Waals surface area contributed by atoms with Gasteiger partial charge in [0, 0.05) is 22.3 Å². The fourth-order valence-corrected chi connectivity index (χ4v) is 4.14. The van der Waals surface area contributed by atoms with Gasteiger partial charge in [0.25, 0.3) is 11.8 Å². The molecule has 4 aromatic rings. The lowest BCUT2D eigenvalue weighted by Crippen LogP contribution is -2.33. The monoisotopic (exact) mass is 573 g/mol. The number of rotatable bonds is 6. The van der Waals surface area contributed by atoms with Gasteiger partial charge in [-0.2, -0.15) is 0 Å². The van der Waals surface area contributed by atoms with Gasteiger partial charge in [-0.25, -0.2) is 0 Å². The number of anilines is 2. The fraction of sp³-hybridized carbons (Fsp3) is 0.0385. The average Bonchev–Trinajstić information content (AvgIpc) is 3.37. The van der Waals surface area contributed by atoms with Crippen molar-refractivity contribution in [2.75, 3.05) is 17.7 Å². The molecule has 1 heterocycles. The molecule has 0 aliphatic rings. The second-order valence-electron chi connectivity index (χ2n) is 7.55. The first-order valence-electron chi connectivity index (χ1n) is 10.7. The number of methoxy groups -OCH3 is 1. The molecule has 3 aromatic carbocycles. The van der Waals surface area contributed by atoms with Crippen molar-refractivity contribution >= 4 is 75.3 Å². The Hall–Kier alpha value is -3.56. The first kappa shape index (κ1) is 26.5. The van der Waals surface area contributed by atoms with Crippen LogP contribution in [0, 0.1) is 0 Å². The lowest BCUT2D eigenvalue weighted by atomic mass is 10.2. The Balaban J connectivity index is 1.41. The van der Waals surface area contributed by atoms with Crippen LogP contribution < -0.4 is 20.7 Å². The molecule has 188 valence electrons. The summed E-state index contributed by atoms with van der Waals surface area (Å²) >= 11 is 23.6.